The minimum absolute atomic E-state index is 0.0187. The Morgan fingerprint density at radius 1 is 1.41 bits per heavy atom. The number of ether oxygens (including phenoxy) is 1. The molecule has 3 rings (SSSR count). The third-order valence-corrected chi connectivity index (χ3v) is 4.05. The highest BCUT2D eigenvalue weighted by atomic mass is 127. The van der Waals surface area contributed by atoms with Gasteiger partial charge in [-0.05, 0) is 40.8 Å². The SMILES string of the molecule is COc1cc2c(Nc3ccc(F)c(Cl)c3)c(N)oc2c(I)n1. The highest BCUT2D eigenvalue weighted by Gasteiger charge is 2.17. The number of halogens is 3. The third kappa shape index (κ3) is 2.66. The van der Waals surface area contributed by atoms with E-state index in [1.807, 2.05) is 22.6 Å². The normalized spacial score (nSPS) is 10.9. The van der Waals surface area contributed by atoms with Crippen LogP contribution in [0.25, 0.3) is 11.0 Å². The third-order valence-electron chi connectivity index (χ3n) is 3.03. The summed E-state index contributed by atoms with van der Waals surface area (Å²) in [7, 11) is 1.53. The largest absolute Gasteiger partial charge is 0.481 e. The van der Waals surface area contributed by atoms with Crippen molar-refractivity contribution in [2.75, 3.05) is 18.2 Å². The highest BCUT2D eigenvalue weighted by Crippen LogP contribution is 2.38. The van der Waals surface area contributed by atoms with Gasteiger partial charge in [0.05, 0.1) is 17.5 Å². The van der Waals surface area contributed by atoms with Crippen molar-refractivity contribution in [1.82, 2.24) is 4.98 Å². The number of hydrogen-bond acceptors (Lipinski definition) is 5. The second-order valence-electron chi connectivity index (χ2n) is 4.43. The molecule has 0 amide bonds. The number of nitrogens with zero attached hydrogens (tertiary/aromatic N) is 1. The van der Waals surface area contributed by atoms with Crippen LogP contribution in [-0.4, -0.2) is 12.1 Å². The van der Waals surface area contributed by atoms with Crippen LogP contribution >= 0.6 is 34.2 Å². The van der Waals surface area contributed by atoms with E-state index in [4.69, 9.17) is 26.5 Å². The molecule has 0 radical (unpaired) electrons. The fourth-order valence-corrected chi connectivity index (χ4v) is 2.83. The smallest absolute Gasteiger partial charge is 0.215 e. The van der Waals surface area contributed by atoms with Gasteiger partial charge in [0, 0.05) is 11.8 Å². The van der Waals surface area contributed by atoms with Crippen LogP contribution in [0.3, 0.4) is 0 Å². The zero-order chi connectivity index (χ0) is 15.9. The lowest BCUT2D eigenvalue weighted by atomic mass is 10.2. The lowest BCUT2D eigenvalue weighted by Gasteiger charge is -2.07. The number of anilines is 3. The summed E-state index contributed by atoms with van der Waals surface area (Å²) in [6.07, 6.45) is 0. The number of aromatic nitrogens is 1. The first-order chi connectivity index (χ1) is 10.5. The van der Waals surface area contributed by atoms with Gasteiger partial charge in [0.1, 0.15) is 15.2 Å². The van der Waals surface area contributed by atoms with E-state index in [0.29, 0.717) is 31.9 Å². The summed E-state index contributed by atoms with van der Waals surface area (Å²) in [5, 5.41) is 3.82. The highest BCUT2D eigenvalue weighted by molar-refractivity contribution is 14.1. The molecule has 0 aliphatic rings. The van der Waals surface area contributed by atoms with Crippen LogP contribution in [0, 0.1) is 9.52 Å². The van der Waals surface area contributed by atoms with Gasteiger partial charge >= 0.3 is 0 Å². The van der Waals surface area contributed by atoms with Crippen LogP contribution in [0.4, 0.5) is 21.6 Å². The minimum Gasteiger partial charge on any atom is -0.481 e. The average molecular weight is 434 g/mol. The Bertz CT molecular complexity index is 869. The Balaban J connectivity index is 2.11. The van der Waals surface area contributed by atoms with Gasteiger partial charge < -0.3 is 20.2 Å². The molecule has 0 atom stereocenters. The summed E-state index contributed by atoms with van der Waals surface area (Å²) in [6, 6.07) is 6.02. The summed E-state index contributed by atoms with van der Waals surface area (Å²) in [5.41, 5.74) is 7.61. The van der Waals surface area contributed by atoms with E-state index < -0.39 is 5.82 Å². The number of fused-ring (bicyclic) bond motifs is 1. The van der Waals surface area contributed by atoms with Crippen molar-refractivity contribution in [3.05, 3.63) is 38.8 Å². The topological polar surface area (TPSA) is 73.3 Å². The number of furan rings is 1. The molecule has 5 nitrogen and oxygen atoms in total. The molecule has 3 N–H and O–H groups in total. The van der Waals surface area contributed by atoms with Crippen molar-refractivity contribution in [1.29, 1.82) is 0 Å². The predicted molar refractivity (Wildman–Crippen MR) is 92.4 cm³/mol. The number of nitrogens with two attached hydrogens (primary N) is 1. The van der Waals surface area contributed by atoms with Gasteiger partial charge in [0.15, 0.2) is 5.58 Å². The minimum atomic E-state index is -0.488. The van der Waals surface area contributed by atoms with Crippen LogP contribution in [0.5, 0.6) is 5.88 Å². The fraction of sp³-hybridized carbons (Fsp3) is 0.0714. The second-order valence-corrected chi connectivity index (χ2v) is 5.86. The summed E-state index contributed by atoms with van der Waals surface area (Å²) in [5.74, 6) is 0.152. The first-order valence-corrected chi connectivity index (χ1v) is 7.60. The number of nitrogen functional groups attached to an aromatic ring is 1. The fourth-order valence-electron chi connectivity index (χ4n) is 2.01. The van der Waals surface area contributed by atoms with Crippen molar-refractivity contribution >= 4 is 62.4 Å². The van der Waals surface area contributed by atoms with Gasteiger partial charge in [-0.25, -0.2) is 9.37 Å². The summed E-state index contributed by atoms with van der Waals surface area (Å²) in [4.78, 5) is 4.22. The molecule has 0 saturated carbocycles. The summed E-state index contributed by atoms with van der Waals surface area (Å²) < 4.78 is 24.6. The van der Waals surface area contributed by atoms with Crippen molar-refractivity contribution in [2.45, 2.75) is 0 Å². The Labute approximate surface area is 143 Å². The maximum absolute atomic E-state index is 13.2. The van der Waals surface area contributed by atoms with Gasteiger partial charge in [-0.3, -0.25) is 0 Å². The molecule has 22 heavy (non-hydrogen) atoms. The Morgan fingerprint density at radius 2 is 2.18 bits per heavy atom. The maximum Gasteiger partial charge on any atom is 0.215 e. The molecule has 0 bridgehead atoms. The lowest BCUT2D eigenvalue weighted by Crippen LogP contribution is -1.95. The Kier molecular flexibility index (Phi) is 4.00. The number of rotatable bonds is 3. The average Bonchev–Trinajstić information content (AvgIpc) is 2.80. The number of hydrogen-bond donors (Lipinski definition) is 2. The molecule has 1 aromatic carbocycles. The van der Waals surface area contributed by atoms with Gasteiger partial charge in [0.25, 0.3) is 0 Å². The Hall–Kier alpha value is -1.74. The zero-order valence-corrected chi connectivity index (χ0v) is 14.2. The van der Waals surface area contributed by atoms with Crippen LogP contribution < -0.4 is 15.8 Å². The molecule has 3 aromatic rings. The molecule has 0 aliphatic carbocycles. The van der Waals surface area contributed by atoms with E-state index in [0.717, 1.165) is 0 Å². The molecule has 0 aliphatic heterocycles. The van der Waals surface area contributed by atoms with Crippen molar-refractivity contribution in [3.8, 4) is 5.88 Å². The molecule has 0 fully saturated rings. The molecule has 2 heterocycles. The van der Waals surface area contributed by atoms with E-state index in [1.165, 1.54) is 19.2 Å². The van der Waals surface area contributed by atoms with Crippen LogP contribution in [0.1, 0.15) is 0 Å². The molecular formula is C14H10ClFIN3O2. The molecule has 2 aromatic heterocycles. The van der Waals surface area contributed by atoms with Crippen LogP contribution in [0.2, 0.25) is 5.02 Å². The standard InChI is InChI=1S/C14H10ClFIN3O2/c1-21-10-5-7-11(14(18)22-12(7)13(17)20-10)19-6-2-3-9(16)8(15)4-6/h2-5,19H,18H2,1H3. The second kappa shape index (κ2) is 5.81. The molecular weight excluding hydrogens is 424 g/mol. The number of nitrogens with one attached hydrogen (secondary N) is 1. The quantitative estimate of drug-likeness (QED) is 0.468. The first-order valence-electron chi connectivity index (χ1n) is 6.14. The van der Waals surface area contributed by atoms with Crippen LogP contribution in [-0.2, 0) is 0 Å². The lowest BCUT2D eigenvalue weighted by molar-refractivity contribution is 0.397. The number of benzene rings is 1. The van der Waals surface area contributed by atoms with Gasteiger partial charge in [-0.15, -0.1) is 0 Å². The summed E-state index contributed by atoms with van der Waals surface area (Å²) in [6.45, 7) is 0. The van der Waals surface area contributed by atoms with Crippen molar-refractivity contribution < 1.29 is 13.5 Å². The molecule has 0 spiro atoms. The van der Waals surface area contributed by atoms with Gasteiger partial charge in [0.2, 0.25) is 11.8 Å². The van der Waals surface area contributed by atoms with Crippen molar-refractivity contribution in [3.63, 3.8) is 0 Å². The number of methoxy groups -OCH3 is 1. The first kappa shape index (κ1) is 15.2. The summed E-state index contributed by atoms with van der Waals surface area (Å²) >= 11 is 7.82. The number of pyridine rings is 1. The van der Waals surface area contributed by atoms with E-state index in [2.05, 4.69) is 10.3 Å². The zero-order valence-electron chi connectivity index (χ0n) is 11.3. The molecule has 8 heteroatoms. The molecule has 114 valence electrons. The van der Waals surface area contributed by atoms with Gasteiger partial charge in [-0.1, -0.05) is 11.6 Å². The van der Waals surface area contributed by atoms with Crippen LogP contribution in [0.15, 0.2) is 28.7 Å². The monoisotopic (exact) mass is 433 g/mol. The maximum atomic E-state index is 13.2. The van der Waals surface area contributed by atoms with E-state index in [1.54, 1.807) is 12.1 Å². The van der Waals surface area contributed by atoms with E-state index in [-0.39, 0.29) is 10.9 Å². The predicted octanol–water partition coefficient (Wildman–Crippen LogP) is 4.56. The molecule has 0 saturated heterocycles. The van der Waals surface area contributed by atoms with Gasteiger partial charge in [-0.2, -0.15) is 0 Å². The van der Waals surface area contributed by atoms with E-state index in [9.17, 15) is 4.39 Å². The van der Waals surface area contributed by atoms with E-state index >= 15 is 0 Å². The Morgan fingerprint density at radius 3 is 2.86 bits per heavy atom. The molecule has 0 unspecified atom stereocenters. The van der Waals surface area contributed by atoms with Crippen molar-refractivity contribution in [2.24, 2.45) is 0 Å².